The maximum Gasteiger partial charge on any atom is 0.259 e. The van der Waals surface area contributed by atoms with Crippen LogP contribution in [0.2, 0.25) is 0 Å². The quantitative estimate of drug-likeness (QED) is 0.474. The molecule has 5 rings (SSSR count). The lowest BCUT2D eigenvalue weighted by Gasteiger charge is -2.10. The van der Waals surface area contributed by atoms with Crippen LogP contribution >= 0.6 is 0 Å². The molecule has 0 unspecified atom stereocenters. The summed E-state index contributed by atoms with van der Waals surface area (Å²) < 4.78 is 18.4. The van der Waals surface area contributed by atoms with Crippen LogP contribution in [0.4, 0.5) is 5.69 Å². The first-order chi connectivity index (χ1) is 16.2. The molecule has 0 fully saturated rings. The van der Waals surface area contributed by atoms with Crippen LogP contribution in [0.3, 0.4) is 0 Å². The van der Waals surface area contributed by atoms with E-state index in [1.54, 1.807) is 30.1 Å². The first-order valence-electron chi connectivity index (χ1n) is 10.7. The summed E-state index contributed by atoms with van der Waals surface area (Å²) in [5, 5.41) is 7.70. The molecule has 0 saturated heterocycles. The summed E-state index contributed by atoms with van der Waals surface area (Å²) in [6.45, 7) is 1.19. The van der Waals surface area contributed by atoms with Crippen LogP contribution in [-0.4, -0.2) is 36.0 Å². The molecule has 0 atom stereocenters. The highest BCUT2D eigenvalue weighted by Crippen LogP contribution is 2.33. The Morgan fingerprint density at radius 3 is 2.48 bits per heavy atom. The van der Waals surface area contributed by atoms with Crippen LogP contribution in [0.15, 0.2) is 79.0 Å². The van der Waals surface area contributed by atoms with E-state index in [0.717, 1.165) is 23.4 Å². The summed E-state index contributed by atoms with van der Waals surface area (Å²) in [5.41, 5.74) is 3.33. The van der Waals surface area contributed by atoms with Crippen molar-refractivity contribution in [1.82, 2.24) is 9.78 Å². The highest BCUT2D eigenvalue weighted by Gasteiger charge is 2.20. The van der Waals surface area contributed by atoms with E-state index >= 15 is 0 Å². The van der Waals surface area contributed by atoms with Gasteiger partial charge in [0.1, 0.15) is 11.4 Å². The Hall–Kier alpha value is -4.26. The number of rotatable bonds is 5. The van der Waals surface area contributed by atoms with E-state index < -0.39 is 0 Å². The maximum atomic E-state index is 13.4. The predicted molar refractivity (Wildman–Crippen MR) is 126 cm³/mol. The van der Waals surface area contributed by atoms with Gasteiger partial charge in [0.15, 0.2) is 11.5 Å². The SMILES string of the molecule is COc1ccc(-c2nn(-c3ccccc3)cc2C(=O)Nc2ccc3c(c2)OCCCO3)cc1. The third-order valence-electron chi connectivity index (χ3n) is 5.35. The summed E-state index contributed by atoms with van der Waals surface area (Å²) in [6.07, 6.45) is 2.56. The molecule has 1 amide bonds. The van der Waals surface area contributed by atoms with Gasteiger partial charge in [-0.1, -0.05) is 18.2 Å². The van der Waals surface area contributed by atoms with Crippen LogP contribution in [0, 0.1) is 0 Å². The number of carbonyl (C=O) groups excluding carboxylic acids is 1. The lowest BCUT2D eigenvalue weighted by Crippen LogP contribution is -2.12. The lowest BCUT2D eigenvalue weighted by molar-refractivity contribution is 0.102. The van der Waals surface area contributed by atoms with Crippen molar-refractivity contribution in [3.05, 3.63) is 84.6 Å². The molecule has 2 heterocycles. The molecule has 0 bridgehead atoms. The van der Waals surface area contributed by atoms with Gasteiger partial charge in [-0.25, -0.2) is 4.68 Å². The van der Waals surface area contributed by atoms with Gasteiger partial charge in [0.05, 0.1) is 31.6 Å². The van der Waals surface area contributed by atoms with Crippen molar-refractivity contribution in [1.29, 1.82) is 0 Å². The fraction of sp³-hybridized carbons (Fsp3) is 0.154. The first kappa shape index (κ1) is 20.6. The van der Waals surface area contributed by atoms with Gasteiger partial charge in [-0.3, -0.25) is 4.79 Å². The van der Waals surface area contributed by atoms with Crippen molar-refractivity contribution in [3.63, 3.8) is 0 Å². The molecule has 7 nitrogen and oxygen atoms in total. The lowest BCUT2D eigenvalue weighted by atomic mass is 10.1. The van der Waals surface area contributed by atoms with Gasteiger partial charge in [0, 0.05) is 29.9 Å². The number of benzene rings is 3. The van der Waals surface area contributed by atoms with Crippen molar-refractivity contribution >= 4 is 11.6 Å². The molecule has 1 aliphatic rings. The molecule has 1 N–H and O–H groups in total. The average Bonchev–Trinajstić information content (AvgIpc) is 3.18. The monoisotopic (exact) mass is 441 g/mol. The third kappa shape index (κ3) is 4.39. The zero-order chi connectivity index (χ0) is 22.6. The van der Waals surface area contributed by atoms with Gasteiger partial charge in [-0.15, -0.1) is 0 Å². The number of fused-ring (bicyclic) bond motifs is 1. The molecule has 166 valence electrons. The normalized spacial score (nSPS) is 12.6. The maximum absolute atomic E-state index is 13.4. The molecular weight excluding hydrogens is 418 g/mol. The van der Waals surface area contributed by atoms with Crippen molar-refractivity contribution < 1.29 is 19.0 Å². The van der Waals surface area contributed by atoms with Gasteiger partial charge in [0.25, 0.3) is 5.91 Å². The average molecular weight is 441 g/mol. The highest BCUT2D eigenvalue weighted by molar-refractivity contribution is 6.08. The molecule has 0 saturated carbocycles. The number of methoxy groups -OCH3 is 1. The minimum Gasteiger partial charge on any atom is -0.497 e. The Kier molecular flexibility index (Phi) is 5.68. The van der Waals surface area contributed by atoms with Crippen LogP contribution in [0.25, 0.3) is 16.9 Å². The van der Waals surface area contributed by atoms with Gasteiger partial charge in [0.2, 0.25) is 0 Å². The second kappa shape index (κ2) is 9.08. The number of nitrogens with one attached hydrogen (secondary N) is 1. The Labute approximate surface area is 191 Å². The van der Waals surface area contributed by atoms with Crippen LogP contribution in [-0.2, 0) is 0 Å². The fourth-order valence-corrected chi connectivity index (χ4v) is 3.65. The number of carbonyl (C=O) groups is 1. The summed E-state index contributed by atoms with van der Waals surface area (Å²) in [6, 6.07) is 22.6. The minimum atomic E-state index is -0.266. The van der Waals surface area contributed by atoms with E-state index in [-0.39, 0.29) is 5.91 Å². The number of ether oxygens (including phenoxy) is 3. The van der Waals surface area contributed by atoms with Gasteiger partial charge in [-0.05, 0) is 48.5 Å². The fourth-order valence-electron chi connectivity index (χ4n) is 3.65. The van der Waals surface area contributed by atoms with E-state index in [1.165, 1.54) is 0 Å². The van der Waals surface area contributed by atoms with Crippen molar-refractivity contribution in [3.8, 4) is 34.2 Å². The number of nitrogens with zero attached hydrogens (tertiary/aromatic N) is 2. The van der Waals surface area contributed by atoms with Crippen molar-refractivity contribution in [2.75, 3.05) is 25.6 Å². The molecule has 3 aromatic carbocycles. The Morgan fingerprint density at radius 1 is 0.970 bits per heavy atom. The number of amides is 1. The summed E-state index contributed by atoms with van der Waals surface area (Å²) in [7, 11) is 1.62. The smallest absolute Gasteiger partial charge is 0.259 e. The molecule has 7 heteroatoms. The summed E-state index contributed by atoms with van der Waals surface area (Å²) >= 11 is 0. The molecule has 4 aromatic rings. The van der Waals surface area contributed by atoms with Crippen LogP contribution in [0.1, 0.15) is 16.8 Å². The third-order valence-corrected chi connectivity index (χ3v) is 5.35. The Balaban J connectivity index is 1.49. The Morgan fingerprint density at radius 2 is 1.73 bits per heavy atom. The van der Waals surface area contributed by atoms with E-state index in [1.807, 2.05) is 60.7 Å². The minimum absolute atomic E-state index is 0.266. The summed E-state index contributed by atoms with van der Waals surface area (Å²) in [5.74, 6) is 1.78. The molecule has 1 aliphatic heterocycles. The largest absolute Gasteiger partial charge is 0.497 e. The van der Waals surface area contributed by atoms with Crippen LogP contribution < -0.4 is 19.5 Å². The van der Waals surface area contributed by atoms with Gasteiger partial charge >= 0.3 is 0 Å². The number of hydrogen-bond acceptors (Lipinski definition) is 5. The van der Waals surface area contributed by atoms with E-state index in [2.05, 4.69) is 5.32 Å². The highest BCUT2D eigenvalue weighted by atomic mass is 16.5. The van der Waals surface area contributed by atoms with E-state index in [9.17, 15) is 4.79 Å². The van der Waals surface area contributed by atoms with Crippen LogP contribution in [0.5, 0.6) is 17.2 Å². The zero-order valence-electron chi connectivity index (χ0n) is 18.2. The predicted octanol–water partition coefficient (Wildman–Crippen LogP) is 4.96. The molecule has 0 radical (unpaired) electrons. The number of para-hydroxylation sites is 1. The molecule has 1 aromatic heterocycles. The second-order valence-electron chi connectivity index (χ2n) is 7.57. The summed E-state index contributed by atoms with van der Waals surface area (Å²) in [4.78, 5) is 13.4. The number of anilines is 1. The molecule has 0 spiro atoms. The zero-order valence-corrected chi connectivity index (χ0v) is 18.2. The number of hydrogen-bond donors (Lipinski definition) is 1. The Bertz CT molecular complexity index is 1270. The van der Waals surface area contributed by atoms with Gasteiger partial charge < -0.3 is 19.5 Å². The van der Waals surface area contributed by atoms with Gasteiger partial charge in [-0.2, -0.15) is 5.10 Å². The second-order valence-corrected chi connectivity index (χ2v) is 7.57. The van der Waals surface area contributed by atoms with Crippen molar-refractivity contribution in [2.24, 2.45) is 0 Å². The van der Waals surface area contributed by atoms with E-state index in [0.29, 0.717) is 41.7 Å². The number of aromatic nitrogens is 2. The van der Waals surface area contributed by atoms with Crippen molar-refractivity contribution in [2.45, 2.75) is 6.42 Å². The first-order valence-corrected chi connectivity index (χ1v) is 10.7. The topological polar surface area (TPSA) is 74.6 Å². The standard InChI is InChI=1S/C26H23N3O4/c1-31-21-11-8-18(9-12-21)25-22(17-29(28-25)20-6-3-2-4-7-20)26(30)27-19-10-13-23-24(16-19)33-15-5-14-32-23/h2-4,6-13,16-17H,5,14-15H2,1H3,(H,27,30). The molecule has 0 aliphatic carbocycles. The van der Waals surface area contributed by atoms with E-state index in [4.69, 9.17) is 19.3 Å². The molecule has 33 heavy (non-hydrogen) atoms. The molecular formula is C26H23N3O4.